The van der Waals surface area contributed by atoms with Gasteiger partial charge in [-0.25, -0.2) is 4.98 Å². The van der Waals surface area contributed by atoms with Crippen LogP contribution in [0.25, 0.3) is 0 Å². The molecule has 8 heteroatoms. The zero-order valence-electron chi connectivity index (χ0n) is 15.0. The van der Waals surface area contributed by atoms with Crippen molar-refractivity contribution in [3.8, 4) is 5.88 Å². The van der Waals surface area contributed by atoms with E-state index in [0.717, 1.165) is 12.1 Å². The number of rotatable bonds is 4. The third-order valence-corrected chi connectivity index (χ3v) is 4.38. The molecule has 0 spiro atoms. The van der Waals surface area contributed by atoms with E-state index in [9.17, 15) is 4.79 Å². The first-order chi connectivity index (χ1) is 12.0. The van der Waals surface area contributed by atoms with Gasteiger partial charge in [-0.3, -0.25) is 9.69 Å². The maximum atomic E-state index is 13.1. The number of hydrogen-bond donors (Lipinski definition) is 0. The highest BCUT2D eigenvalue weighted by atomic mass is 16.5. The van der Waals surface area contributed by atoms with Crippen LogP contribution in [0.5, 0.6) is 5.88 Å². The highest BCUT2D eigenvalue weighted by Crippen LogP contribution is 2.27. The summed E-state index contributed by atoms with van der Waals surface area (Å²) in [5.41, 5.74) is 1.38. The lowest BCUT2D eigenvalue weighted by atomic mass is 10.1. The standard InChI is InChI=1S/C17H23N5O3/c1-5-24-16-14(11(2)6-7-18-16)17(23)22-9-8-21(4)13(10-22)15-19-12(3)20-25-15/h6-7,13H,5,8-10H2,1-4H3/t13-/m1/s1. The highest BCUT2D eigenvalue weighted by Gasteiger charge is 2.34. The van der Waals surface area contributed by atoms with Crippen LogP contribution in [-0.2, 0) is 0 Å². The van der Waals surface area contributed by atoms with Crippen LogP contribution in [0, 0.1) is 13.8 Å². The van der Waals surface area contributed by atoms with Crippen LogP contribution >= 0.6 is 0 Å². The van der Waals surface area contributed by atoms with E-state index in [4.69, 9.17) is 9.26 Å². The first-order valence-electron chi connectivity index (χ1n) is 8.39. The number of carbonyl (C=O) groups excluding carboxylic acids is 1. The third kappa shape index (κ3) is 3.48. The van der Waals surface area contributed by atoms with Gasteiger partial charge in [0.2, 0.25) is 11.8 Å². The van der Waals surface area contributed by atoms with E-state index in [1.807, 2.05) is 27.0 Å². The van der Waals surface area contributed by atoms with E-state index in [2.05, 4.69) is 20.0 Å². The maximum absolute atomic E-state index is 13.1. The van der Waals surface area contributed by atoms with Gasteiger partial charge >= 0.3 is 0 Å². The lowest BCUT2D eigenvalue weighted by Crippen LogP contribution is -2.49. The van der Waals surface area contributed by atoms with Crippen LogP contribution in [0.3, 0.4) is 0 Å². The Labute approximate surface area is 146 Å². The van der Waals surface area contributed by atoms with Crippen molar-refractivity contribution in [2.45, 2.75) is 26.8 Å². The van der Waals surface area contributed by atoms with Crippen LogP contribution < -0.4 is 4.74 Å². The number of aromatic nitrogens is 3. The smallest absolute Gasteiger partial charge is 0.259 e. The molecule has 0 N–H and O–H groups in total. The normalized spacial score (nSPS) is 18.4. The molecule has 1 aliphatic rings. The third-order valence-electron chi connectivity index (χ3n) is 4.38. The zero-order chi connectivity index (χ0) is 18.0. The summed E-state index contributed by atoms with van der Waals surface area (Å²) in [5, 5.41) is 3.86. The summed E-state index contributed by atoms with van der Waals surface area (Å²) in [7, 11) is 1.99. The number of amides is 1. The highest BCUT2D eigenvalue weighted by molar-refractivity contribution is 5.97. The maximum Gasteiger partial charge on any atom is 0.259 e. The quantitative estimate of drug-likeness (QED) is 0.832. The summed E-state index contributed by atoms with van der Waals surface area (Å²) in [4.78, 5) is 25.6. The Morgan fingerprint density at radius 2 is 2.20 bits per heavy atom. The first-order valence-corrected chi connectivity index (χ1v) is 8.39. The van der Waals surface area contributed by atoms with Gasteiger partial charge in [0, 0.05) is 25.8 Å². The van der Waals surface area contributed by atoms with Gasteiger partial charge in [0.15, 0.2) is 5.82 Å². The van der Waals surface area contributed by atoms with E-state index < -0.39 is 0 Å². The number of likely N-dealkylation sites (N-methyl/N-ethyl adjacent to an activating group) is 1. The molecule has 2 aromatic heterocycles. The van der Waals surface area contributed by atoms with E-state index in [-0.39, 0.29) is 11.9 Å². The Hall–Kier alpha value is -2.48. The van der Waals surface area contributed by atoms with E-state index in [1.54, 1.807) is 18.0 Å². The molecular formula is C17H23N5O3. The molecule has 1 aliphatic heterocycles. The summed E-state index contributed by atoms with van der Waals surface area (Å²) in [6.45, 7) is 7.85. The fraction of sp³-hybridized carbons (Fsp3) is 0.529. The van der Waals surface area contributed by atoms with Crippen molar-refractivity contribution in [2.24, 2.45) is 0 Å². The number of nitrogens with zero attached hydrogens (tertiary/aromatic N) is 5. The minimum Gasteiger partial charge on any atom is -0.477 e. The molecule has 0 aliphatic carbocycles. The molecule has 0 radical (unpaired) electrons. The molecule has 25 heavy (non-hydrogen) atoms. The van der Waals surface area contributed by atoms with E-state index >= 15 is 0 Å². The largest absolute Gasteiger partial charge is 0.477 e. The van der Waals surface area contributed by atoms with Gasteiger partial charge in [-0.15, -0.1) is 0 Å². The number of ether oxygens (including phenoxy) is 1. The predicted molar refractivity (Wildman–Crippen MR) is 90.5 cm³/mol. The second kappa shape index (κ2) is 7.18. The first kappa shape index (κ1) is 17.3. The second-order valence-electron chi connectivity index (χ2n) is 6.17. The number of aryl methyl sites for hydroxylation is 2. The van der Waals surface area contributed by atoms with Gasteiger partial charge in [0.1, 0.15) is 11.6 Å². The summed E-state index contributed by atoms with van der Waals surface area (Å²) >= 11 is 0. The van der Waals surface area contributed by atoms with Crippen LogP contribution in [-0.4, -0.2) is 64.1 Å². The number of carbonyl (C=O) groups is 1. The molecule has 134 valence electrons. The predicted octanol–water partition coefficient (Wildman–Crippen LogP) is 1.61. The van der Waals surface area contributed by atoms with Gasteiger partial charge in [-0.05, 0) is 39.4 Å². The molecule has 1 saturated heterocycles. The summed E-state index contributed by atoms with van der Waals surface area (Å²) < 4.78 is 10.9. The minimum absolute atomic E-state index is 0.0802. The Bertz CT molecular complexity index is 760. The number of hydrogen-bond acceptors (Lipinski definition) is 7. The summed E-state index contributed by atoms with van der Waals surface area (Å²) in [6.07, 6.45) is 1.66. The molecule has 2 aromatic rings. The van der Waals surface area contributed by atoms with Gasteiger partial charge in [0.25, 0.3) is 5.91 Å². The molecule has 1 atom stereocenters. The van der Waals surface area contributed by atoms with Crippen LogP contribution in [0.15, 0.2) is 16.8 Å². The number of piperazine rings is 1. The van der Waals surface area contributed by atoms with Crippen molar-refractivity contribution in [1.29, 1.82) is 0 Å². The summed E-state index contributed by atoms with van der Waals surface area (Å²) in [5.74, 6) is 1.43. The SMILES string of the molecule is CCOc1nccc(C)c1C(=O)N1CCN(C)[C@@H](c2nc(C)no2)C1. The van der Waals surface area contributed by atoms with Crippen LogP contribution in [0.2, 0.25) is 0 Å². The van der Waals surface area contributed by atoms with Crippen molar-refractivity contribution in [3.63, 3.8) is 0 Å². The summed E-state index contributed by atoms with van der Waals surface area (Å²) in [6, 6.07) is 1.71. The Kier molecular flexibility index (Phi) is 4.98. The van der Waals surface area contributed by atoms with Crippen molar-refractivity contribution in [1.82, 2.24) is 24.9 Å². The minimum atomic E-state index is -0.119. The fourth-order valence-electron chi connectivity index (χ4n) is 2.97. The Morgan fingerprint density at radius 1 is 1.40 bits per heavy atom. The van der Waals surface area contributed by atoms with E-state index in [0.29, 0.717) is 42.9 Å². The molecule has 8 nitrogen and oxygen atoms in total. The van der Waals surface area contributed by atoms with Gasteiger partial charge in [-0.1, -0.05) is 5.16 Å². The van der Waals surface area contributed by atoms with Crippen molar-refractivity contribution >= 4 is 5.91 Å². The average molecular weight is 345 g/mol. The molecule has 0 saturated carbocycles. The van der Waals surface area contributed by atoms with Gasteiger partial charge in [-0.2, -0.15) is 4.98 Å². The number of pyridine rings is 1. The molecule has 0 unspecified atom stereocenters. The Morgan fingerprint density at radius 3 is 2.88 bits per heavy atom. The van der Waals surface area contributed by atoms with Gasteiger partial charge < -0.3 is 14.2 Å². The Balaban J connectivity index is 1.86. The van der Waals surface area contributed by atoms with Crippen molar-refractivity contribution < 1.29 is 14.1 Å². The van der Waals surface area contributed by atoms with Crippen molar-refractivity contribution in [3.05, 3.63) is 35.1 Å². The molecule has 3 heterocycles. The molecule has 3 rings (SSSR count). The lowest BCUT2D eigenvalue weighted by molar-refractivity contribution is 0.0484. The topological polar surface area (TPSA) is 84.6 Å². The molecule has 1 fully saturated rings. The zero-order valence-corrected chi connectivity index (χ0v) is 15.0. The lowest BCUT2D eigenvalue weighted by Gasteiger charge is -2.37. The molecule has 1 amide bonds. The fourth-order valence-corrected chi connectivity index (χ4v) is 2.97. The average Bonchev–Trinajstić information content (AvgIpc) is 3.01. The van der Waals surface area contributed by atoms with Gasteiger partial charge in [0.05, 0.1) is 6.61 Å². The van der Waals surface area contributed by atoms with Crippen LogP contribution in [0.1, 0.15) is 40.6 Å². The molecule has 0 bridgehead atoms. The van der Waals surface area contributed by atoms with Crippen LogP contribution in [0.4, 0.5) is 0 Å². The second-order valence-corrected chi connectivity index (χ2v) is 6.17. The molecule has 0 aromatic carbocycles. The monoisotopic (exact) mass is 345 g/mol. The van der Waals surface area contributed by atoms with E-state index in [1.165, 1.54) is 0 Å². The van der Waals surface area contributed by atoms with Crippen molar-refractivity contribution in [2.75, 3.05) is 33.3 Å². The molecular weight excluding hydrogens is 322 g/mol.